The van der Waals surface area contributed by atoms with Crippen molar-refractivity contribution < 1.29 is 10.0 Å². The number of nitro benzene ring substituents is 1. The smallest absolute Gasteiger partial charge is 0.315 e. The molecule has 0 aliphatic carbocycles. The van der Waals surface area contributed by atoms with Gasteiger partial charge in [0.1, 0.15) is 11.4 Å². The number of benzene rings is 1. The van der Waals surface area contributed by atoms with Crippen molar-refractivity contribution in [2.75, 3.05) is 30.9 Å². The van der Waals surface area contributed by atoms with Crippen LogP contribution in [-0.2, 0) is 0 Å². The summed E-state index contributed by atoms with van der Waals surface area (Å²) in [5, 5.41) is 23.2. The number of aliphatic hydroxyl groups excluding tert-OH is 1. The van der Waals surface area contributed by atoms with Crippen molar-refractivity contribution in [1.29, 1.82) is 0 Å². The lowest BCUT2D eigenvalue weighted by Crippen LogP contribution is -2.22. The Hall–Kier alpha value is -1.82. The number of para-hydroxylation sites is 1. The Bertz CT molecular complexity index is 421. The zero-order valence-electron chi connectivity index (χ0n) is 10.9. The number of anilines is 2. The summed E-state index contributed by atoms with van der Waals surface area (Å²) in [7, 11) is 3.44. The first-order valence-corrected chi connectivity index (χ1v) is 5.81. The molecular formula is C12H19N3O3. The molecule has 0 aliphatic rings. The van der Waals surface area contributed by atoms with E-state index in [0.29, 0.717) is 24.3 Å². The first-order valence-electron chi connectivity index (χ1n) is 5.81. The molecule has 1 unspecified atom stereocenters. The van der Waals surface area contributed by atoms with E-state index in [2.05, 4.69) is 5.32 Å². The zero-order chi connectivity index (χ0) is 13.7. The average molecular weight is 253 g/mol. The lowest BCUT2D eigenvalue weighted by Gasteiger charge is -2.20. The monoisotopic (exact) mass is 253 g/mol. The van der Waals surface area contributed by atoms with Gasteiger partial charge in [-0.2, -0.15) is 0 Å². The van der Waals surface area contributed by atoms with Crippen molar-refractivity contribution in [2.45, 2.75) is 19.4 Å². The number of nitrogens with one attached hydrogen (secondary N) is 1. The van der Waals surface area contributed by atoms with Gasteiger partial charge in [-0.25, -0.2) is 0 Å². The van der Waals surface area contributed by atoms with E-state index in [1.54, 1.807) is 44.1 Å². The highest BCUT2D eigenvalue weighted by Crippen LogP contribution is 2.34. The minimum absolute atomic E-state index is 0.0630. The normalized spacial score (nSPS) is 12.0. The van der Waals surface area contributed by atoms with Crippen LogP contribution >= 0.6 is 0 Å². The van der Waals surface area contributed by atoms with E-state index in [1.807, 2.05) is 0 Å². The van der Waals surface area contributed by atoms with Gasteiger partial charge in [-0.15, -0.1) is 0 Å². The summed E-state index contributed by atoms with van der Waals surface area (Å²) in [6.07, 6.45) is 0.149. The maximum absolute atomic E-state index is 11.1. The lowest BCUT2D eigenvalue weighted by molar-refractivity contribution is -0.383. The third-order valence-electron chi connectivity index (χ3n) is 2.76. The van der Waals surface area contributed by atoms with Crippen molar-refractivity contribution in [3.63, 3.8) is 0 Å². The molecule has 0 aliphatic heterocycles. The Morgan fingerprint density at radius 3 is 2.72 bits per heavy atom. The molecule has 18 heavy (non-hydrogen) atoms. The molecule has 6 heteroatoms. The van der Waals surface area contributed by atoms with Gasteiger partial charge >= 0.3 is 5.69 Å². The van der Waals surface area contributed by atoms with Crippen LogP contribution in [0.5, 0.6) is 0 Å². The molecule has 0 amide bonds. The molecule has 100 valence electrons. The summed E-state index contributed by atoms with van der Waals surface area (Å²) >= 11 is 0. The van der Waals surface area contributed by atoms with Crippen molar-refractivity contribution in [2.24, 2.45) is 0 Å². The molecule has 6 nitrogen and oxygen atoms in total. The summed E-state index contributed by atoms with van der Waals surface area (Å²) < 4.78 is 0. The highest BCUT2D eigenvalue weighted by Gasteiger charge is 2.21. The van der Waals surface area contributed by atoms with E-state index in [4.69, 9.17) is 0 Å². The highest BCUT2D eigenvalue weighted by molar-refractivity contribution is 5.76. The maximum Gasteiger partial charge on any atom is 0.315 e. The largest absolute Gasteiger partial charge is 0.393 e. The molecule has 0 fully saturated rings. The van der Waals surface area contributed by atoms with Gasteiger partial charge in [0, 0.05) is 20.6 Å². The Morgan fingerprint density at radius 1 is 1.56 bits per heavy atom. The molecule has 2 N–H and O–H groups in total. The predicted octanol–water partition coefficient (Wildman–Crippen LogP) is 1.84. The minimum Gasteiger partial charge on any atom is -0.393 e. The quantitative estimate of drug-likeness (QED) is 0.597. The van der Waals surface area contributed by atoms with Crippen molar-refractivity contribution >= 4 is 17.1 Å². The van der Waals surface area contributed by atoms with E-state index < -0.39 is 6.10 Å². The number of hydrogen-bond acceptors (Lipinski definition) is 5. The summed E-state index contributed by atoms with van der Waals surface area (Å²) in [5.74, 6) is 0. The Kier molecular flexibility index (Phi) is 4.91. The van der Waals surface area contributed by atoms with Crippen LogP contribution in [0, 0.1) is 10.1 Å². The molecule has 1 rings (SSSR count). The summed E-state index contributed by atoms with van der Waals surface area (Å²) in [6.45, 7) is 2.26. The van der Waals surface area contributed by atoms with Crippen LogP contribution in [0.25, 0.3) is 0 Å². The summed E-state index contributed by atoms with van der Waals surface area (Å²) in [5.41, 5.74) is 1.10. The lowest BCUT2D eigenvalue weighted by atomic mass is 10.2. The van der Waals surface area contributed by atoms with Gasteiger partial charge < -0.3 is 15.3 Å². The SMILES string of the molecule is CNc1cccc(N(C)CCC(C)O)c1[N+](=O)[O-]. The summed E-state index contributed by atoms with van der Waals surface area (Å²) in [6, 6.07) is 5.15. The van der Waals surface area contributed by atoms with Crippen LogP contribution in [0.1, 0.15) is 13.3 Å². The van der Waals surface area contributed by atoms with Gasteiger partial charge in [-0.3, -0.25) is 10.1 Å². The first-order chi connectivity index (χ1) is 8.47. The standard InChI is InChI=1S/C12H19N3O3/c1-9(16)7-8-14(3)11-6-4-5-10(13-2)12(11)15(17)18/h4-6,9,13,16H,7-8H2,1-3H3. The van der Waals surface area contributed by atoms with Crippen LogP contribution in [0.2, 0.25) is 0 Å². The second-order valence-corrected chi connectivity index (χ2v) is 4.24. The molecule has 0 radical (unpaired) electrons. The minimum atomic E-state index is -0.418. The van der Waals surface area contributed by atoms with Crippen molar-refractivity contribution in [1.82, 2.24) is 0 Å². The van der Waals surface area contributed by atoms with E-state index in [0.717, 1.165) is 0 Å². The fraction of sp³-hybridized carbons (Fsp3) is 0.500. The molecule has 1 aromatic rings. The van der Waals surface area contributed by atoms with Crippen LogP contribution in [-0.4, -0.2) is 36.8 Å². The second kappa shape index (κ2) is 6.20. The molecule has 0 spiro atoms. The van der Waals surface area contributed by atoms with Crippen LogP contribution < -0.4 is 10.2 Å². The van der Waals surface area contributed by atoms with Gasteiger partial charge in [0.25, 0.3) is 0 Å². The fourth-order valence-electron chi connectivity index (χ4n) is 1.73. The number of nitro groups is 1. The van der Waals surface area contributed by atoms with Crippen LogP contribution in [0.15, 0.2) is 18.2 Å². The van der Waals surface area contributed by atoms with E-state index in [1.165, 1.54) is 0 Å². The van der Waals surface area contributed by atoms with E-state index >= 15 is 0 Å². The second-order valence-electron chi connectivity index (χ2n) is 4.24. The number of hydrogen-bond donors (Lipinski definition) is 2. The molecule has 0 heterocycles. The van der Waals surface area contributed by atoms with Gasteiger partial charge in [0.2, 0.25) is 0 Å². The molecule has 0 saturated carbocycles. The summed E-state index contributed by atoms with van der Waals surface area (Å²) in [4.78, 5) is 12.5. The van der Waals surface area contributed by atoms with Crippen molar-refractivity contribution in [3.8, 4) is 0 Å². The van der Waals surface area contributed by atoms with Gasteiger partial charge in [0.15, 0.2) is 0 Å². The molecule has 0 saturated heterocycles. The molecular weight excluding hydrogens is 234 g/mol. The fourth-order valence-corrected chi connectivity index (χ4v) is 1.73. The Labute approximate surface area is 106 Å². The first kappa shape index (κ1) is 14.2. The topological polar surface area (TPSA) is 78.6 Å². The highest BCUT2D eigenvalue weighted by atomic mass is 16.6. The molecule has 1 aromatic carbocycles. The van der Waals surface area contributed by atoms with E-state index in [-0.39, 0.29) is 10.6 Å². The predicted molar refractivity (Wildman–Crippen MR) is 72.2 cm³/mol. The Morgan fingerprint density at radius 2 is 2.22 bits per heavy atom. The van der Waals surface area contributed by atoms with E-state index in [9.17, 15) is 15.2 Å². The number of rotatable bonds is 6. The molecule has 1 atom stereocenters. The number of aliphatic hydroxyl groups is 1. The zero-order valence-corrected chi connectivity index (χ0v) is 10.9. The van der Waals surface area contributed by atoms with Crippen LogP contribution in [0.4, 0.5) is 17.1 Å². The third-order valence-corrected chi connectivity index (χ3v) is 2.76. The number of nitrogens with zero attached hydrogens (tertiary/aromatic N) is 2. The maximum atomic E-state index is 11.1. The van der Waals surface area contributed by atoms with Gasteiger partial charge in [0.05, 0.1) is 11.0 Å². The Balaban J connectivity index is 3.03. The average Bonchev–Trinajstić information content (AvgIpc) is 2.34. The van der Waals surface area contributed by atoms with Crippen molar-refractivity contribution in [3.05, 3.63) is 28.3 Å². The molecule has 0 bridgehead atoms. The van der Waals surface area contributed by atoms with Gasteiger partial charge in [-0.05, 0) is 25.5 Å². The third kappa shape index (κ3) is 3.33. The molecule has 0 aromatic heterocycles. The van der Waals surface area contributed by atoms with Crippen LogP contribution in [0.3, 0.4) is 0 Å². The van der Waals surface area contributed by atoms with Gasteiger partial charge in [-0.1, -0.05) is 6.07 Å².